The van der Waals surface area contributed by atoms with Gasteiger partial charge in [0.1, 0.15) is 0 Å². The van der Waals surface area contributed by atoms with Crippen molar-refractivity contribution in [2.75, 3.05) is 0 Å². The van der Waals surface area contributed by atoms with E-state index in [4.69, 9.17) is 0 Å². The molecule has 0 saturated heterocycles. The van der Waals surface area contributed by atoms with Gasteiger partial charge in [-0.1, -0.05) is 91.0 Å². The molecule has 4 rings (SSSR count). The largest absolute Gasteiger partial charge is 0.289 e. The summed E-state index contributed by atoms with van der Waals surface area (Å²) in [6.45, 7) is 0. The van der Waals surface area contributed by atoms with Gasteiger partial charge in [0.15, 0.2) is 5.78 Å². The van der Waals surface area contributed by atoms with E-state index in [0.29, 0.717) is 5.56 Å². The number of hydrogen-bond acceptors (Lipinski definition) is 1. The van der Waals surface area contributed by atoms with E-state index in [9.17, 15) is 4.79 Å². The third-order valence-electron chi connectivity index (χ3n) is 4.27. The predicted octanol–water partition coefficient (Wildman–Crippen LogP) is 5.74. The molecule has 0 saturated carbocycles. The molecule has 0 aliphatic heterocycles. The minimum Gasteiger partial charge on any atom is -0.289 e. The molecule has 0 radical (unpaired) electrons. The maximum absolute atomic E-state index is 12.7. The van der Waals surface area contributed by atoms with Gasteiger partial charge in [-0.2, -0.15) is 0 Å². The second kappa shape index (κ2) is 6.13. The first-order valence-corrected chi connectivity index (χ1v) is 8.00. The minimum atomic E-state index is 0.0559. The highest BCUT2D eigenvalue weighted by Crippen LogP contribution is 2.22. The zero-order valence-electron chi connectivity index (χ0n) is 13.1. The lowest BCUT2D eigenvalue weighted by Gasteiger charge is -2.06. The van der Waals surface area contributed by atoms with E-state index in [1.54, 1.807) is 0 Å². The number of ketones is 1. The minimum absolute atomic E-state index is 0.0559. The maximum Gasteiger partial charge on any atom is 0.193 e. The molecule has 0 unspecified atom stereocenters. The molecular formula is C23H16O. The van der Waals surface area contributed by atoms with Crippen LogP contribution in [0.1, 0.15) is 15.9 Å². The third kappa shape index (κ3) is 2.72. The summed E-state index contributed by atoms with van der Waals surface area (Å²) in [4.78, 5) is 12.7. The first kappa shape index (κ1) is 14.4. The van der Waals surface area contributed by atoms with Gasteiger partial charge in [-0.15, -0.1) is 0 Å². The van der Waals surface area contributed by atoms with E-state index < -0.39 is 0 Å². The van der Waals surface area contributed by atoms with Crippen LogP contribution in [0, 0.1) is 0 Å². The molecule has 0 spiro atoms. The standard InChI is InChI=1S/C23H16O/c24-23(22-15-12-18-8-4-5-9-21(18)16-22)20-13-10-19(11-14-20)17-6-2-1-3-7-17/h1-16H. The number of hydrogen-bond donors (Lipinski definition) is 0. The second-order valence-electron chi connectivity index (χ2n) is 5.83. The van der Waals surface area contributed by atoms with Crippen LogP contribution in [-0.2, 0) is 0 Å². The Hall–Kier alpha value is -3.19. The van der Waals surface area contributed by atoms with Crippen LogP contribution in [0.2, 0.25) is 0 Å². The molecule has 0 heterocycles. The first-order chi connectivity index (χ1) is 11.8. The van der Waals surface area contributed by atoms with Crippen LogP contribution in [0.25, 0.3) is 21.9 Å². The van der Waals surface area contributed by atoms with E-state index in [0.717, 1.165) is 27.5 Å². The number of carbonyl (C=O) groups is 1. The van der Waals surface area contributed by atoms with Crippen molar-refractivity contribution >= 4 is 16.6 Å². The van der Waals surface area contributed by atoms with Gasteiger partial charge in [0.25, 0.3) is 0 Å². The Bertz CT molecular complexity index is 999. The first-order valence-electron chi connectivity index (χ1n) is 8.00. The van der Waals surface area contributed by atoms with E-state index in [-0.39, 0.29) is 5.78 Å². The average molecular weight is 308 g/mol. The Kier molecular flexibility index (Phi) is 3.68. The van der Waals surface area contributed by atoms with Gasteiger partial charge in [0.05, 0.1) is 0 Å². The van der Waals surface area contributed by atoms with Crippen LogP contribution in [0.15, 0.2) is 97.1 Å². The van der Waals surface area contributed by atoms with Gasteiger partial charge in [0, 0.05) is 11.1 Å². The number of fused-ring (bicyclic) bond motifs is 1. The SMILES string of the molecule is O=C(c1ccc(-c2ccccc2)cc1)c1ccc2ccccc2c1. The fourth-order valence-electron chi connectivity index (χ4n) is 2.94. The lowest BCUT2D eigenvalue weighted by Crippen LogP contribution is -2.00. The molecule has 0 amide bonds. The summed E-state index contributed by atoms with van der Waals surface area (Å²) in [5.41, 5.74) is 3.71. The lowest BCUT2D eigenvalue weighted by atomic mass is 9.98. The Balaban J connectivity index is 1.66. The third-order valence-corrected chi connectivity index (χ3v) is 4.27. The van der Waals surface area contributed by atoms with Crippen LogP contribution < -0.4 is 0 Å². The van der Waals surface area contributed by atoms with E-state index in [1.165, 1.54) is 0 Å². The highest BCUT2D eigenvalue weighted by Gasteiger charge is 2.10. The van der Waals surface area contributed by atoms with E-state index in [2.05, 4.69) is 18.2 Å². The van der Waals surface area contributed by atoms with Crippen LogP contribution in [0.3, 0.4) is 0 Å². The van der Waals surface area contributed by atoms with Gasteiger partial charge in [-0.25, -0.2) is 0 Å². The van der Waals surface area contributed by atoms with Crippen molar-refractivity contribution in [3.8, 4) is 11.1 Å². The molecule has 24 heavy (non-hydrogen) atoms. The fourth-order valence-corrected chi connectivity index (χ4v) is 2.94. The zero-order valence-corrected chi connectivity index (χ0v) is 13.1. The molecule has 0 N–H and O–H groups in total. The van der Waals surface area contributed by atoms with Crippen molar-refractivity contribution in [1.82, 2.24) is 0 Å². The summed E-state index contributed by atoms with van der Waals surface area (Å²) < 4.78 is 0. The molecule has 0 aliphatic rings. The summed E-state index contributed by atoms with van der Waals surface area (Å²) in [6, 6.07) is 31.9. The molecule has 114 valence electrons. The molecule has 1 nitrogen and oxygen atoms in total. The molecule has 0 bridgehead atoms. The number of benzene rings is 4. The highest BCUT2D eigenvalue weighted by molar-refractivity contribution is 6.10. The monoisotopic (exact) mass is 308 g/mol. The molecule has 0 aromatic heterocycles. The van der Waals surface area contributed by atoms with Gasteiger partial charge in [0.2, 0.25) is 0 Å². The summed E-state index contributed by atoms with van der Waals surface area (Å²) in [5, 5.41) is 2.23. The van der Waals surface area contributed by atoms with Gasteiger partial charge in [-0.3, -0.25) is 4.79 Å². The Morgan fingerprint density at radius 3 is 1.83 bits per heavy atom. The normalized spacial score (nSPS) is 10.7. The summed E-state index contributed by atoms with van der Waals surface area (Å²) in [5.74, 6) is 0.0559. The Labute approximate surface area is 141 Å². The fraction of sp³-hybridized carbons (Fsp3) is 0. The van der Waals surface area contributed by atoms with Crippen molar-refractivity contribution in [3.05, 3.63) is 108 Å². The quantitative estimate of drug-likeness (QED) is 0.441. The topological polar surface area (TPSA) is 17.1 Å². The summed E-state index contributed by atoms with van der Waals surface area (Å²) in [6.07, 6.45) is 0. The lowest BCUT2D eigenvalue weighted by molar-refractivity contribution is 0.103. The van der Waals surface area contributed by atoms with Crippen molar-refractivity contribution in [2.24, 2.45) is 0 Å². The number of rotatable bonds is 3. The van der Waals surface area contributed by atoms with Gasteiger partial charge in [-0.05, 0) is 28.0 Å². The zero-order chi connectivity index (χ0) is 16.4. The molecule has 4 aromatic rings. The molecule has 1 heteroatoms. The molecular weight excluding hydrogens is 292 g/mol. The van der Waals surface area contributed by atoms with Crippen LogP contribution in [-0.4, -0.2) is 5.78 Å². The summed E-state index contributed by atoms with van der Waals surface area (Å²) >= 11 is 0. The van der Waals surface area contributed by atoms with Crippen LogP contribution in [0.4, 0.5) is 0 Å². The van der Waals surface area contributed by atoms with Crippen molar-refractivity contribution in [1.29, 1.82) is 0 Å². The smallest absolute Gasteiger partial charge is 0.193 e. The van der Waals surface area contributed by atoms with Crippen molar-refractivity contribution < 1.29 is 4.79 Å². The predicted molar refractivity (Wildman–Crippen MR) is 99.3 cm³/mol. The molecule has 4 aromatic carbocycles. The van der Waals surface area contributed by atoms with E-state index in [1.807, 2.05) is 78.9 Å². The maximum atomic E-state index is 12.7. The van der Waals surface area contributed by atoms with Crippen LogP contribution in [0.5, 0.6) is 0 Å². The Morgan fingerprint density at radius 2 is 1.08 bits per heavy atom. The molecule has 0 fully saturated rings. The molecule has 0 atom stereocenters. The second-order valence-corrected chi connectivity index (χ2v) is 5.83. The van der Waals surface area contributed by atoms with E-state index >= 15 is 0 Å². The van der Waals surface area contributed by atoms with Gasteiger partial charge >= 0.3 is 0 Å². The van der Waals surface area contributed by atoms with Crippen LogP contribution >= 0.6 is 0 Å². The average Bonchev–Trinajstić information content (AvgIpc) is 2.68. The summed E-state index contributed by atoms with van der Waals surface area (Å²) in [7, 11) is 0. The number of carbonyl (C=O) groups excluding carboxylic acids is 1. The highest BCUT2D eigenvalue weighted by atomic mass is 16.1. The van der Waals surface area contributed by atoms with Crippen molar-refractivity contribution in [3.63, 3.8) is 0 Å². The van der Waals surface area contributed by atoms with Gasteiger partial charge < -0.3 is 0 Å². The molecule has 0 aliphatic carbocycles. The van der Waals surface area contributed by atoms with Crippen molar-refractivity contribution in [2.45, 2.75) is 0 Å². The Morgan fingerprint density at radius 1 is 0.500 bits per heavy atom.